The first-order valence-electron chi connectivity index (χ1n) is 7.82. The lowest BCUT2D eigenvalue weighted by molar-refractivity contribution is 0.0956. The molecule has 1 amide bonds. The Morgan fingerprint density at radius 1 is 1.00 bits per heavy atom. The predicted octanol–water partition coefficient (Wildman–Crippen LogP) is 4.28. The van der Waals surface area contributed by atoms with Gasteiger partial charge in [0.1, 0.15) is 0 Å². The minimum Gasteiger partial charge on any atom is -0.361 e. The zero-order valence-corrected chi connectivity index (χ0v) is 13.7. The molecule has 24 heavy (non-hydrogen) atoms. The largest absolute Gasteiger partial charge is 0.361 e. The standard InChI is InChI=1S/C19H16ClN3O/c20-13-5-6-15-16(11-23-18(15)9-13)19(24)21-8-7-12-10-22-17-4-2-1-3-14(12)17/h1-6,9-11,22-23H,7-8H2,(H,21,24). The number of hydrogen-bond donors (Lipinski definition) is 3. The highest BCUT2D eigenvalue weighted by Crippen LogP contribution is 2.22. The van der Waals surface area contributed by atoms with Gasteiger partial charge in [0.15, 0.2) is 0 Å². The Morgan fingerprint density at radius 3 is 2.75 bits per heavy atom. The molecule has 0 spiro atoms. The van der Waals surface area contributed by atoms with E-state index in [0.717, 1.165) is 22.8 Å². The van der Waals surface area contributed by atoms with Gasteiger partial charge in [0, 0.05) is 45.8 Å². The fraction of sp³-hybridized carbons (Fsp3) is 0.105. The first-order valence-corrected chi connectivity index (χ1v) is 8.20. The molecule has 2 heterocycles. The van der Waals surface area contributed by atoms with Crippen LogP contribution < -0.4 is 5.32 Å². The molecule has 0 aliphatic carbocycles. The van der Waals surface area contributed by atoms with Gasteiger partial charge >= 0.3 is 0 Å². The third-order valence-corrected chi connectivity index (χ3v) is 4.48. The second kappa shape index (κ2) is 6.06. The average molecular weight is 338 g/mol. The van der Waals surface area contributed by atoms with Crippen LogP contribution in [0.3, 0.4) is 0 Å². The van der Waals surface area contributed by atoms with Crippen molar-refractivity contribution in [1.82, 2.24) is 15.3 Å². The van der Waals surface area contributed by atoms with E-state index in [2.05, 4.69) is 27.4 Å². The van der Waals surface area contributed by atoms with Crippen molar-refractivity contribution in [3.05, 3.63) is 71.0 Å². The van der Waals surface area contributed by atoms with Crippen molar-refractivity contribution in [2.24, 2.45) is 0 Å². The van der Waals surface area contributed by atoms with E-state index in [1.165, 1.54) is 10.9 Å². The van der Waals surface area contributed by atoms with Crippen LogP contribution in [-0.4, -0.2) is 22.4 Å². The van der Waals surface area contributed by atoms with Gasteiger partial charge in [-0.05, 0) is 30.2 Å². The summed E-state index contributed by atoms with van der Waals surface area (Å²) < 4.78 is 0. The number of benzene rings is 2. The van der Waals surface area contributed by atoms with Gasteiger partial charge < -0.3 is 15.3 Å². The van der Waals surface area contributed by atoms with Gasteiger partial charge in [-0.15, -0.1) is 0 Å². The van der Waals surface area contributed by atoms with Crippen LogP contribution in [0.2, 0.25) is 5.02 Å². The molecule has 0 radical (unpaired) electrons. The van der Waals surface area contributed by atoms with E-state index in [4.69, 9.17) is 11.6 Å². The normalized spacial score (nSPS) is 11.2. The van der Waals surface area contributed by atoms with Crippen molar-refractivity contribution in [1.29, 1.82) is 0 Å². The highest BCUT2D eigenvalue weighted by Gasteiger charge is 2.12. The van der Waals surface area contributed by atoms with E-state index in [9.17, 15) is 4.79 Å². The zero-order chi connectivity index (χ0) is 16.5. The lowest BCUT2D eigenvalue weighted by Gasteiger charge is -2.04. The zero-order valence-electron chi connectivity index (χ0n) is 12.9. The number of nitrogens with one attached hydrogen (secondary N) is 3. The summed E-state index contributed by atoms with van der Waals surface area (Å²) in [5.74, 6) is -0.0802. The molecule has 0 saturated carbocycles. The lowest BCUT2D eigenvalue weighted by Crippen LogP contribution is -2.25. The number of hydrogen-bond acceptors (Lipinski definition) is 1. The summed E-state index contributed by atoms with van der Waals surface area (Å²) in [7, 11) is 0. The molecule has 4 rings (SSSR count). The molecule has 0 saturated heterocycles. The Bertz CT molecular complexity index is 1030. The molecule has 5 heteroatoms. The summed E-state index contributed by atoms with van der Waals surface area (Å²) in [4.78, 5) is 18.8. The maximum atomic E-state index is 12.4. The Labute approximate surface area is 143 Å². The average Bonchev–Trinajstić information content (AvgIpc) is 3.19. The number of aromatic nitrogens is 2. The minimum absolute atomic E-state index is 0.0802. The van der Waals surface area contributed by atoms with Crippen LogP contribution in [0.25, 0.3) is 21.8 Å². The number of halogens is 1. The summed E-state index contributed by atoms with van der Waals surface area (Å²) in [6.45, 7) is 0.584. The van der Waals surface area contributed by atoms with Crippen LogP contribution in [0, 0.1) is 0 Å². The fourth-order valence-electron chi connectivity index (χ4n) is 3.03. The van der Waals surface area contributed by atoms with Crippen LogP contribution in [0.1, 0.15) is 15.9 Å². The monoisotopic (exact) mass is 337 g/mol. The quantitative estimate of drug-likeness (QED) is 0.511. The van der Waals surface area contributed by atoms with Gasteiger partial charge in [0.2, 0.25) is 0 Å². The summed E-state index contributed by atoms with van der Waals surface area (Å²) in [5.41, 5.74) is 3.83. The Balaban J connectivity index is 1.46. The number of rotatable bonds is 4. The molecule has 0 atom stereocenters. The van der Waals surface area contributed by atoms with Crippen molar-refractivity contribution in [2.75, 3.05) is 6.54 Å². The van der Waals surface area contributed by atoms with Crippen LogP contribution >= 0.6 is 11.6 Å². The molecule has 0 fully saturated rings. The molecule has 4 aromatic rings. The van der Waals surface area contributed by atoms with Crippen molar-refractivity contribution in [3.8, 4) is 0 Å². The van der Waals surface area contributed by atoms with Crippen LogP contribution in [0.5, 0.6) is 0 Å². The molecule has 0 aliphatic rings. The van der Waals surface area contributed by atoms with Crippen molar-refractivity contribution < 1.29 is 4.79 Å². The summed E-state index contributed by atoms with van der Waals surface area (Å²) in [5, 5.41) is 5.72. The number of amides is 1. The molecule has 3 N–H and O–H groups in total. The predicted molar refractivity (Wildman–Crippen MR) is 97.6 cm³/mol. The molecule has 4 nitrogen and oxygen atoms in total. The van der Waals surface area contributed by atoms with E-state index in [1.54, 1.807) is 12.3 Å². The van der Waals surface area contributed by atoms with E-state index in [1.807, 2.05) is 30.5 Å². The Hall–Kier alpha value is -2.72. The second-order valence-electron chi connectivity index (χ2n) is 5.76. The maximum Gasteiger partial charge on any atom is 0.253 e. The lowest BCUT2D eigenvalue weighted by atomic mass is 10.1. The van der Waals surface area contributed by atoms with Gasteiger partial charge in [-0.3, -0.25) is 4.79 Å². The highest BCUT2D eigenvalue weighted by molar-refractivity contribution is 6.31. The van der Waals surface area contributed by atoms with E-state index in [0.29, 0.717) is 17.1 Å². The van der Waals surface area contributed by atoms with Gasteiger partial charge in [-0.1, -0.05) is 35.9 Å². The second-order valence-corrected chi connectivity index (χ2v) is 6.19. The molecule has 2 aromatic carbocycles. The molecule has 0 aliphatic heterocycles. The van der Waals surface area contributed by atoms with Crippen LogP contribution in [0.4, 0.5) is 0 Å². The number of aromatic amines is 2. The van der Waals surface area contributed by atoms with E-state index in [-0.39, 0.29) is 5.91 Å². The molecule has 2 aromatic heterocycles. The molecule has 0 bridgehead atoms. The first-order chi connectivity index (χ1) is 11.7. The number of carbonyl (C=O) groups is 1. The van der Waals surface area contributed by atoms with Crippen molar-refractivity contribution in [2.45, 2.75) is 6.42 Å². The number of fused-ring (bicyclic) bond motifs is 2. The van der Waals surface area contributed by atoms with Gasteiger partial charge in [0.25, 0.3) is 5.91 Å². The third-order valence-electron chi connectivity index (χ3n) is 4.24. The molecular formula is C19H16ClN3O. The number of carbonyl (C=O) groups excluding carboxylic acids is 1. The first kappa shape index (κ1) is 14.8. The van der Waals surface area contributed by atoms with Gasteiger partial charge in [-0.2, -0.15) is 0 Å². The van der Waals surface area contributed by atoms with E-state index < -0.39 is 0 Å². The molecular weight excluding hydrogens is 322 g/mol. The smallest absolute Gasteiger partial charge is 0.253 e. The highest BCUT2D eigenvalue weighted by atomic mass is 35.5. The summed E-state index contributed by atoms with van der Waals surface area (Å²) in [6.07, 6.45) is 4.51. The topological polar surface area (TPSA) is 60.7 Å². The Kier molecular flexibility index (Phi) is 3.75. The molecule has 0 unspecified atom stereocenters. The summed E-state index contributed by atoms with van der Waals surface area (Å²) >= 11 is 5.97. The third kappa shape index (κ3) is 2.65. The van der Waals surface area contributed by atoms with E-state index >= 15 is 0 Å². The van der Waals surface area contributed by atoms with Crippen molar-refractivity contribution in [3.63, 3.8) is 0 Å². The van der Waals surface area contributed by atoms with Crippen LogP contribution in [-0.2, 0) is 6.42 Å². The summed E-state index contributed by atoms with van der Waals surface area (Å²) in [6, 6.07) is 13.6. The number of H-pyrrole nitrogens is 2. The SMILES string of the molecule is O=C(NCCc1c[nH]c2ccccc12)c1c[nH]c2cc(Cl)ccc12. The fourth-order valence-corrected chi connectivity index (χ4v) is 3.20. The maximum absolute atomic E-state index is 12.4. The van der Waals surface area contributed by atoms with Crippen molar-refractivity contribution >= 4 is 39.3 Å². The van der Waals surface area contributed by atoms with Gasteiger partial charge in [0.05, 0.1) is 5.56 Å². The minimum atomic E-state index is -0.0802. The van der Waals surface area contributed by atoms with Gasteiger partial charge in [-0.25, -0.2) is 0 Å². The molecule has 120 valence electrons. The Morgan fingerprint density at radius 2 is 1.83 bits per heavy atom. The number of para-hydroxylation sites is 1. The van der Waals surface area contributed by atoms with Crippen LogP contribution in [0.15, 0.2) is 54.9 Å².